The van der Waals surface area contributed by atoms with Crippen LogP contribution in [0.25, 0.3) is 0 Å². The van der Waals surface area contributed by atoms with E-state index in [1.807, 2.05) is 36.4 Å². The summed E-state index contributed by atoms with van der Waals surface area (Å²) in [7, 11) is 1.61. The predicted octanol–water partition coefficient (Wildman–Crippen LogP) is 2.88. The second-order valence-corrected chi connectivity index (χ2v) is 2.95. The minimum Gasteiger partial charge on any atom is -0.495 e. The summed E-state index contributed by atoms with van der Waals surface area (Å²) in [6.07, 6.45) is 1.62. The van der Waals surface area contributed by atoms with Crippen molar-refractivity contribution in [2.75, 3.05) is 7.11 Å². The van der Waals surface area contributed by atoms with Crippen LogP contribution in [0.5, 0.6) is 17.4 Å². The quantitative estimate of drug-likeness (QED) is 0.765. The van der Waals surface area contributed by atoms with Crippen LogP contribution in [0.4, 0.5) is 0 Å². The van der Waals surface area contributed by atoms with Crippen LogP contribution < -0.4 is 9.47 Å². The second-order valence-electron chi connectivity index (χ2n) is 2.95. The summed E-state index contributed by atoms with van der Waals surface area (Å²) < 4.78 is 10.5. The first-order valence-electron chi connectivity index (χ1n) is 4.61. The first kappa shape index (κ1) is 9.52. The Bertz CT molecular complexity index is 411. The van der Waals surface area contributed by atoms with E-state index in [0.717, 1.165) is 11.5 Å². The average Bonchev–Trinajstić information content (AvgIpc) is 2.31. The molecule has 2 rings (SSSR count). The van der Waals surface area contributed by atoms with E-state index in [9.17, 15) is 0 Å². The maximum Gasteiger partial charge on any atom is 0.219 e. The van der Waals surface area contributed by atoms with Gasteiger partial charge in [-0.15, -0.1) is 0 Å². The van der Waals surface area contributed by atoms with Gasteiger partial charge in [-0.25, -0.2) is 4.98 Å². The molecule has 0 radical (unpaired) electrons. The van der Waals surface area contributed by atoms with Gasteiger partial charge in [-0.2, -0.15) is 0 Å². The number of methoxy groups -OCH3 is 1. The molecule has 0 aliphatic rings. The molecule has 1 heterocycles. The third-order valence-corrected chi connectivity index (χ3v) is 1.91. The fraction of sp³-hybridized carbons (Fsp3) is 0.0833. The van der Waals surface area contributed by atoms with Crippen LogP contribution in [0.2, 0.25) is 0 Å². The summed E-state index contributed by atoms with van der Waals surface area (Å²) in [4.78, 5) is 4.10. The zero-order valence-electron chi connectivity index (χ0n) is 8.38. The number of nitrogens with zero attached hydrogens (tertiary/aromatic N) is 1. The number of hydrogen-bond donors (Lipinski definition) is 0. The minimum absolute atomic E-state index is 0.557. The van der Waals surface area contributed by atoms with Crippen molar-refractivity contribution in [3.05, 3.63) is 48.7 Å². The molecule has 1 aromatic carbocycles. The monoisotopic (exact) mass is 201 g/mol. The summed E-state index contributed by atoms with van der Waals surface area (Å²) in [6, 6.07) is 13.1. The smallest absolute Gasteiger partial charge is 0.219 e. The largest absolute Gasteiger partial charge is 0.495 e. The van der Waals surface area contributed by atoms with Gasteiger partial charge in [0.1, 0.15) is 11.5 Å². The molecule has 3 nitrogen and oxygen atoms in total. The zero-order chi connectivity index (χ0) is 10.5. The van der Waals surface area contributed by atoms with Gasteiger partial charge in [0.15, 0.2) is 0 Å². The highest BCUT2D eigenvalue weighted by Gasteiger charge is 1.97. The number of aromatic nitrogens is 1. The molecule has 2 aromatic rings. The molecule has 0 aliphatic heterocycles. The first-order valence-corrected chi connectivity index (χ1v) is 4.61. The molecule has 15 heavy (non-hydrogen) atoms. The van der Waals surface area contributed by atoms with Gasteiger partial charge in [-0.05, 0) is 18.2 Å². The molecular formula is C12H11NO2. The van der Waals surface area contributed by atoms with Gasteiger partial charge in [0.25, 0.3) is 0 Å². The minimum atomic E-state index is 0.557. The van der Waals surface area contributed by atoms with E-state index >= 15 is 0 Å². The summed E-state index contributed by atoms with van der Waals surface area (Å²) in [6.45, 7) is 0. The zero-order valence-corrected chi connectivity index (χ0v) is 8.38. The van der Waals surface area contributed by atoms with Crippen molar-refractivity contribution >= 4 is 0 Å². The van der Waals surface area contributed by atoms with Gasteiger partial charge < -0.3 is 9.47 Å². The maximum absolute atomic E-state index is 5.51. The van der Waals surface area contributed by atoms with Crippen LogP contribution in [0.3, 0.4) is 0 Å². The lowest BCUT2D eigenvalue weighted by molar-refractivity contribution is 0.408. The predicted molar refractivity (Wildman–Crippen MR) is 57.3 cm³/mol. The first-order chi connectivity index (χ1) is 7.38. The van der Waals surface area contributed by atoms with E-state index in [1.54, 1.807) is 19.4 Å². The van der Waals surface area contributed by atoms with E-state index in [2.05, 4.69) is 4.98 Å². The maximum atomic E-state index is 5.51. The van der Waals surface area contributed by atoms with Crippen molar-refractivity contribution in [1.29, 1.82) is 0 Å². The molecule has 0 fully saturated rings. The summed E-state index contributed by atoms with van der Waals surface area (Å²) >= 11 is 0. The Balaban J connectivity index is 2.11. The van der Waals surface area contributed by atoms with Gasteiger partial charge in [0, 0.05) is 6.07 Å². The molecule has 0 saturated carbocycles. The highest BCUT2D eigenvalue weighted by molar-refractivity contribution is 5.28. The Morgan fingerprint density at radius 2 is 1.73 bits per heavy atom. The van der Waals surface area contributed by atoms with E-state index in [0.29, 0.717) is 5.88 Å². The summed E-state index contributed by atoms with van der Waals surface area (Å²) in [5.41, 5.74) is 0. The molecule has 76 valence electrons. The van der Waals surface area contributed by atoms with Crippen LogP contribution >= 0.6 is 0 Å². The van der Waals surface area contributed by atoms with Gasteiger partial charge in [0.05, 0.1) is 13.3 Å². The van der Waals surface area contributed by atoms with E-state index in [1.165, 1.54) is 0 Å². The normalized spacial score (nSPS) is 9.67. The fourth-order valence-corrected chi connectivity index (χ4v) is 1.16. The Labute approximate surface area is 88.3 Å². The summed E-state index contributed by atoms with van der Waals surface area (Å²) in [5, 5.41) is 0. The number of ether oxygens (including phenoxy) is 2. The van der Waals surface area contributed by atoms with Crippen molar-refractivity contribution in [3.63, 3.8) is 0 Å². The van der Waals surface area contributed by atoms with E-state index in [4.69, 9.17) is 9.47 Å². The lowest BCUT2D eigenvalue weighted by atomic mass is 10.3. The Morgan fingerprint density at radius 1 is 0.933 bits per heavy atom. The molecule has 0 spiro atoms. The van der Waals surface area contributed by atoms with Crippen molar-refractivity contribution in [1.82, 2.24) is 4.98 Å². The van der Waals surface area contributed by atoms with E-state index in [-0.39, 0.29) is 0 Å². The molecule has 3 heteroatoms. The number of para-hydroxylation sites is 1. The molecule has 0 N–H and O–H groups in total. The van der Waals surface area contributed by atoms with Crippen molar-refractivity contribution in [2.24, 2.45) is 0 Å². The van der Waals surface area contributed by atoms with Crippen LogP contribution in [0, 0.1) is 0 Å². The van der Waals surface area contributed by atoms with Crippen molar-refractivity contribution in [2.45, 2.75) is 0 Å². The number of benzene rings is 1. The Hall–Kier alpha value is -2.03. The third kappa shape index (κ3) is 2.47. The molecule has 0 amide bonds. The standard InChI is InChI=1S/C12H11NO2/c1-14-11-7-8-12(13-9-11)15-10-5-3-2-4-6-10/h2-9H,1H3. The Morgan fingerprint density at radius 3 is 2.33 bits per heavy atom. The SMILES string of the molecule is COc1ccc(Oc2ccccc2)nc1. The number of hydrogen-bond acceptors (Lipinski definition) is 3. The number of rotatable bonds is 3. The van der Waals surface area contributed by atoms with Crippen LogP contribution in [-0.4, -0.2) is 12.1 Å². The lowest BCUT2D eigenvalue weighted by Gasteiger charge is -2.04. The molecule has 1 aromatic heterocycles. The van der Waals surface area contributed by atoms with Crippen molar-refractivity contribution < 1.29 is 9.47 Å². The molecule has 0 bridgehead atoms. The van der Waals surface area contributed by atoms with Gasteiger partial charge in [-0.3, -0.25) is 0 Å². The molecule has 0 unspecified atom stereocenters. The van der Waals surface area contributed by atoms with Gasteiger partial charge in [-0.1, -0.05) is 18.2 Å². The fourth-order valence-electron chi connectivity index (χ4n) is 1.16. The molecule has 0 atom stereocenters. The second kappa shape index (κ2) is 4.46. The molecule has 0 aliphatic carbocycles. The van der Waals surface area contributed by atoms with Crippen LogP contribution in [-0.2, 0) is 0 Å². The lowest BCUT2D eigenvalue weighted by Crippen LogP contribution is -1.88. The average molecular weight is 201 g/mol. The van der Waals surface area contributed by atoms with E-state index < -0.39 is 0 Å². The third-order valence-electron chi connectivity index (χ3n) is 1.91. The van der Waals surface area contributed by atoms with Gasteiger partial charge in [0.2, 0.25) is 5.88 Å². The molecule has 0 saturated heterocycles. The topological polar surface area (TPSA) is 31.4 Å². The van der Waals surface area contributed by atoms with Crippen LogP contribution in [0.1, 0.15) is 0 Å². The molecular weight excluding hydrogens is 190 g/mol. The summed E-state index contributed by atoms with van der Waals surface area (Å²) in [5.74, 6) is 2.05. The number of pyridine rings is 1. The highest BCUT2D eigenvalue weighted by Crippen LogP contribution is 2.20. The van der Waals surface area contributed by atoms with Gasteiger partial charge >= 0.3 is 0 Å². The van der Waals surface area contributed by atoms with Crippen LogP contribution in [0.15, 0.2) is 48.7 Å². The highest BCUT2D eigenvalue weighted by atomic mass is 16.5. The van der Waals surface area contributed by atoms with Crippen molar-refractivity contribution in [3.8, 4) is 17.4 Å². The Kier molecular flexibility index (Phi) is 2.83.